The molecule has 1 aliphatic rings. The third-order valence-corrected chi connectivity index (χ3v) is 4.44. The second-order valence-electron chi connectivity index (χ2n) is 5.78. The first-order chi connectivity index (χ1) is 9.01. The highest BCUT2D eigenvalue weighted by Gasteiger charge is 2.42. The molecular formula is C16H24O3. The zero-order chi connectivity index (χ0) is 14.0. The summed E-state index contributed by atoms with van der Waals surface area (Å²) in [6.07, 6.45) is 3.02. The molecule has 0 saturated heterocycles. The number of methoxy groups -OCH3 is 2. The highest BCUT2D eigenvalue weighted by molar-refractivity contribution is 5.44. The van der Waals surface area contributed by atoms with Crippen molar-refractivity contribution in [1.29, 1.82) is 0 Å². The van der Waals surface area contributed by atoms with E-state index >= 15 is 0 Å². The first-order valence-electron chi connectivity index (χ1n) is 6.96. The second-order valence-corrected chi connectivity index (χ2v) is 5.78. The van der Waals surface area contributed by atoms with E-state index < -0.39 is 5.60 Å². The molecule has 0 heterocycles. The summed E-state index contributed by atoms with van der Waals surface area (Å²) in [6.45, 7) is 4.32. The Bertz CT molecular complexity index is 444. The van der Waals surface area contributed by atoms with Crippen molar-refractivity contribution in [2.24, 2.45) is 11.8 Å². The van der Waals surface area contributed by atoms with Gasteiger partial charge < -0.3 is 14.6 Å². The van der Waals surface area contributed by atoms with Crippen LogP contribution in [0.1, 0.15) is 38.7 Å². The van der Waals surface area contributed by atoms with Crippen molar-refractivity contribution in [2.75, 3.05) is 14.2 Å². The molecule has 3 nitrogen and oxygen atoms in total. The van der Waals surface area contributed by atoms with Crippen LogP contribution in [0.15, 0.2) is 18.2 Å². The number of hydrogen-bond donors (Lipinski definition) is 1. The van der Waals surface area contributed by atoms with Crippen molar-refractivity contribution in [2.45, 2.75) is 38.7 Å². The predicted octanol–water partition coefficient (Wildman–Crippen LogP) is 3.35. The zero-order valence-electron chi connectivity index (χ0n) is 12.3. The molecule has 0 bridgehead atoms. The lowest BCUT2D eigenvalue weighted by atomic mass is 9.68. The first-order valence-corrected chi connectivity index (χ1v) is 6.96. The maximum atomic E-state index is 11.1. The fourth-order valence-corrected chi connectivity index (χ4v) is 3.14. The van der Waals surface area contributed by atoms with Gasteiger partial charge in [0, 0.05) is 11.6 Å². The molecule has 1 aromatic rings. The molecule has 0 aliphatic heterocycles. The van der Waals surface area contributed by atoms with Crippen molar-refractivity contribution in [3.63, 3.8) is 0 Å². The molecule has 3 atom stereocenters. The molecule has 0 spiro atoms. The number of ether oxygens (including phenoxy) is 2. The van der Waals surface area contributed by atoms with Crippen LogP contribution in [-0.4, -0.2) is 19.3 Å². The van der Waals surface area contributed by atoms with Gasteiger partial charge in [0.1, 0.15) is 11.5 Å². The third kappa shape index (κ3) is 2.57. The minimum Gasteiger partial charge on any atom is -0.497 e. The second kappa shape index (κ2) is 5.41. The average Bonchev–Trinajstić information content (AvgIpc) is 2.42. The third-order valence-electron chi connectivity index (χ3n) is 4.44. The Morgan fingerprint density at radius 2 is 1.89 bits per heavy atom. The molecule has 3 heteroatoms. The van der Waals surface area contributed by atoms with Crippen LogP contribution in [0.3, 0.4) is 0 Å². The molecule has 3 unspecified atom stereocenters. The van der Waals surface area contributed by atoms with Gasteiger partial charge in [0.25, 0.3) is 0 Å². The SMILES string of the molecule is COc1ccc(C2(O)CC(C)CCC2C)c(OC)c1. The van der Waals surface area contributed by atoms with Crippen molar-refractivity contribution in [1.82, 2.24) is 0 Å². The van der Waals surface area contributed by atoms with Crippen LogP contribution < -0.4 is 9.47 Å². The molecule has 19 heavy (non-hydrogen) atoms. The molecule has 1 N–H and O–H groups in total. The molecule has 0 amide bonds. The lowest BCUT2D eigenvalue weighted by molar-refractivity contribution is -0.0641. The summed E-state index contributed by atoms with van der Waals surface area (Å²) in [7, 11) is 3.27. The van der Waals surface area contributed by atoms with E-state index in [2.05, 4.69) is 13.8 Å². The van der Waals surface area contributed by atoms with Gasteiger partial charge in [-0.05, 0) is 36.8 Å². The zero-order valence-corrected chi connectivity index (χ0v) is 12.3. The topological polar surface area (TPSA) is 38.7 Å². The van der Waals surface area contributed by atoms with Gasteiger partial charge in [0.15, 0.2) is 0 Å². The minimum atomic E-state index is -0.796. The van der Waals surface area contributed by atoms with Crippen LogP contribution in [-0.2, 0) is 5.60 Å². The van der Waals surface area contributed by atoms with Gasteiger partial charge in [-0.25, -0.2) is 0 Å². The monoisotopic (exact) mass is 264 g/mol. The lowest BCUT2D eigenvalue weighted by Crippen LogP contribution is -2.39. The first kappa shape index (κ1) is 14.2. The van der Waals surface area contributed by atoms with Gasteiger partial charge in [-0.15, -0.1) is 0 Å². The van der Waals surface area contributed by atoms with Gasteiger partial charge in [-0.2, -0.15) is 0 Å². The van der Waals surface area contributed by atoms with E-state index in [9.17, 15) is 5.11 Å². The molecule has 0 aromatic heterocycles. The molecule has 1 aromatic carbocycles. The Labute approximate surface area is 115 Å². The largest absolute Gasteiger partial charge is 0.497 e. The van der Waals surface area contributed by atoms with Crippen molar-refractivity contribution in [3.05, 3.63) is 23.8 Å². The molecular weight excluding hydrogens is 240 g/mol. The van der Waals surface area contributed by atoms with E-state index in [0.717, 1.165) is 24.2 Å². The summed E-state index contributed by atoms with van der Waals surface area (Å²) in [4.78, 5) is 0. The van der Waals surface area contributed by atoms with Gasteiger partial charge in [0.05, 0.1) is 19.8 Å². The van der Waals surface area contributed by atoms with Crippen LogP contribution in [0.4, 0.5) is 0 Å². The fraction of sp³-hybridized carbons (Fsp3) is 0.625. The normalized spacial score (nSPS) is 31.0. The highest BCUT2D eigenvalue weighted by atomic mass is 16.5. The van der Waals surface area contributed by atoms with E-state index in [1.54, 1.807) is 14.2 Å². The van der Waals surface area contributed by atoms with E-state index in [-0.39, 0.29) is 5.92 Å². The fourth-order valence-electron chi connectivity index (χ4n) is 3.14. The quantitative estimate of drug-likeness (QED) is 0.910. The van der Waals surface area contributed by atoms with E-state index in [1.807, 2.05) is 18.2 Å². The number of hydrogen-bond acceptors (Lipinski definition) is 3. The summed E-state index contributed by atoms with van der Waals surface area (Å²) in [5.41, 5.74) is 0.0878. The van der Waals surface area contributed by atoms with Crippen molar-refractivity contribution >= 4 is 0 Å². The maximum absolute atomic E-state index is 11.1. The van der Waals surface area contributed by atoms with E-state index in [1.165, 1.54) is 6.42 Å². The number of rotatable bonds is 3. The van der Waals surface area contributed by atoms with Gasteiger partial charge in [-0.1, -0.05) is 20.3 Å². The smallest absolute Gasteiger partial charge is 0.128 e. The summed E-state index contributed by atoms with van der Waals surface area (Å²) >= 11 is 0. The van der Waals surface area contributed by atoms with Crippen molar-refractivity contribution in [3.8, 4) is 11.5 Å². The van der Waals surface area contributed by atoms with E-state index in [0.29, 0.717) is 11.7 Å². The minimum absolute atomic E-state index is 0.242. The highest BCUT2D eigenvalue weighted by Crippen LogP contribution is 2.47. The lowest BCUT2D eigenvalue weighted by Gasteiger charge is -2.42. The summed E-state index contributed by atoms with van der Waals surface area (Å²) in [5.74, 6) is 2.24. The molecule has 1 aliphatic carbocycles. The summed E-state index contributed by atoms with van der Waals surface area (Å²) < 4.78 is 10.7. The standard InChI is InChI=1S/C16H24O3/c1-11-5-6-12(2)16(17,10-11)14-8-7-13(18-3)9-15(14)19-4/h7-9,11-12,17H,5-6,10H2,1-4H3. The van der Waals surface area contributed by atoms with Gasteiger partial charge >= 0.3 is 0 Å². The predicted molar refractivity (Wildman–Crippen MR) is 75.6 cm³/mol. The van der Waals surface area contributed by atoms with E-state index in [4.69, 9.17) is 9.47 Å². The summed E-state index contributed by atoms with van der Waals surface area (Å²) in [5, 5.41) is 11.1. The number of aliphatic hydroxyl groups is 1. The van der Waals surface area contributed by atoms with Crippen LogP contribution in [0.2, 0.25) is 0 Å². The number of benzene rings is 1. The Morgan fingerprint density at radius 1 is 1.16 bits per heavy atom. The summed E-state index contributed by atoms with van der Waals surface area (Å²) in [6, 6.07) is 5.67. The molecule has 1 saturated carbocycles. The van der Waals surface area contributed by atoms with Gasteiger partial charge in [0.2, 0.25) is 0 Å². The average molecular weight is 264 g/mol. The van der Waals surface area contributed by atoms with Crippen LogP contribution in [0, 0.1) is 11.8 Å². The Hall–Kier alpha value is -1.22. The van der Waals surface area contributed by atoms with Crippen molar-refractivity contribution < 1.29 is 14.6 Å². The van der Waals surface area contributed by atoms with Crippen LogP contribution >= 0.6 is 0 Å². The maximum Gasteiger partial charge on any atom is 0.128 e. The molecule has 2 rings (SSSR count). The Balaban J connectivity index is 2.43. The van der Waals surface area contributed by atoms with Crippen LogP contribution in [0.25, 0.3) is 0 Å². The Kier molecular flexibility index (Phi) is 4.04. The molecule has 1 fully saturated rings. The van der Waals surface area contributed by atoms with Gasteiger partial charge in [-0.3, -0.25) is 0 Å². The Morgan fingerprint density at radius 3 is 2.53 bits per heavy atom. The molecule has 106 valence electrons. The van der Waals surface area contributed by atoms with Crippen LogP contribution in [0.5, 0.6) is 11.5 Å². The molecule has 0 radical (unpaired) electrons.